The molecule has 2 heterocycles. The number of imidazole rings is 1. The highest BCUT2D eigenvalue weighted by Gasteiger charge is 2.36. The normalized spacial score (nSPS) is 22.6. The first kappa shape index (κ1) is 16.1. The minimum absolute atomic E-state index is 0.0377. The van der Waals surface area contributed by atoms with Gasteiger partial charge in [0.25, 0.3) is 0 Å². The molecule has 0 spiro atoms. The number of nitrogens with zero attached hydrogens (tertiary/aromatic N) is 2. The molecule has 0 unspecified atom stereocenters. The Morgan fingerprint density at radius 2 is 2.32 bits per heavy atom. The maximum Gasteiger partial charge on any atom is 0.240 e. The van der Waals surface area contributed by atoms with Gasteiger partial charge in [-0.2, -0.15) is 0 Å². The van der Waals surface area contributed by atoms with E-state index in [4.69, 9.17) is 4.74 Å². The predicted molar refractivity (Wildman–Crippen MR) is 92.2 cm³/mol. The summed E-state index contributed by atoms with van der Waals surface area (Å²) in [6.07, 6.45) is 5.61. The van der Waals surface area contributed by atoms with Crippen LogP contribution in [0.4, 0.5) is 0 Å². The number of ether oxygens (including phenoxy) is 1. The minimum atomic E-state index is -0.252. The zero-order valence-electron chi connectivity index (χ0n) is 14.3. The van der Waals surface area contributed by atoms with Crippen molar-refractivity contribution >= 4 is 5.91 Å². The predicted octanol–water partition coefficient (Wildman–Crippen LogP) is 1.75. The molecule has 6 heteroatoms. The lowest BCUT2D eigenvalue weighted by Crippen LogP contribution is -2.42. The van der Waals surface area contributed by atoms with Crippen molar-refractivity contribution in [3.8, 4) is 5.75 Å². The Balaban J connectivity index is 1.52. The van der Waals surface area contributed by atoms with E-state index in [9.17, 15) is 9.90 Å². The molecule has 0 radical (unpaired) electrons. The first-order valence-electron chi connectivity index (χ1n) is 8.81. The molecule has 1 aliphatic heterocycles. The lowest BCUT2D eigenvalue weighted by atomic mass is 9.75. The van der Waals surface area contributed by atoms with E-state index in [1.165, 1.54) is 5.56 Å². The van der Waals surface area contributed by atoms with Crippen LogP contribution in [0, 0.1) is 12.8 Å². The Morgan fingerprint density at radius 3 is 3.04 bits per heavy atom. The summed E-state index contributed by atoms with van der Waals surface area (Å²) in [5.41, 5.74) is 2.29. The third-order valence-corrected chi connectivity index (χ3v) is 5.25. The number of benzene rings is 1. The molecule has 132 valence electrons. The lowest BCUT2D eigenvalue weighted by Gasteiger charge is -2.38. The zero-order valence-corrected chi connectivity index (χ0v) is 14.3. The average molecular weight is 341 g/mol. The zero-order chi connectivity index (χ0) is 17.4. The maximum absolute atomic E-state index is 12.6. The Hall–Kier alpha value is -2.34. The van der Waals surface area contributed by atoms with E-state index in [0.717, 1.165) is 43.0 Å². The summed E-state index contributed by atoms with van der Waals surface area (Å²) in [6.45, 7) is 2.86. The molecule has 1 aromatic heterocycles. The van der Waals surface area contributed by atoms with Gasteiger partial charge < -0.3 is 19.7 Å². The van der Waals surface area contributed by atoms with Gasteiger partial charge >= 0.3 is 0 Å². The Morgan fingerprint density at radius 1 is 1.48 bits per heavy atom. The second-order valence-electron chi connectivity index (χ2n) is 7.00. The van der Waals surface area contributed by atoms with Gasteiger partial charge in [0, 0.05) is 18.8 Å². The van der Waals surface area contributed by atoms with Gasteiger partial charge in [0.2, 0.25) is 5.91 Å². The van der Waals surface area contributed by atoms with E-state index < -0.39 is 0 Å². The van der Waals surface area contributed by atoms with Gasteiger partial charge in [0.15, 0.2) is 0 Å². The number of aromatic nitrogens is 2. The summed E-state index contributed by atoms with van der Waals surface area (Å²) in [4.78, 5) is 16.7. The molecule has 1 saturated carbocycles. The monoisotopic (exact) mass is 341 g/mol. The highest BCUT2D eigenvalue weighted by atomic mass is 16.5. The molecule has 25 heavy (non-hydrogen) atoms. The average Bonchev–Trinajstić information content (AvgIpc) is 3.18. The topological polar surface area (TPSA) is 76.4 Å². The van der Waals surface area contributed by atoms with Crippen LogP contribution in [0.2, 0.25) is 0 Å². The van der Waals surface area contributed by atoms with Crippen LogP contribution < -0.4 is 10.1 Å². The van der Waals surface area contributed by atoms with Gasteiger partial charge in [-0.3, -0.25) is 4.79 Å². The number of hydrogen-bond donors (Lipinski definition) is 2. The molecule has 0 saturated heterocycles. The van der Waals surface area contributed by atoms with Crippen LogP contribution in [0.25, 0.3) is 0 Å². The van der Waals surface area contributed by atoms with Gasteiger partial charge in [-0.25, -0.2) is 4.98 Å². The van der Waals surface area contributed by atoms with Crippen molar-refractivity contribution < 1.29 is 14.6 Å². The SMILES string of the molecule is Cc1nccn1CC(=O)N[C@@H](c1ccc2c(c1)CCO2)C1CC(O)C1. The third-order valence-electron chi connectivity index (χ3n) is 5.25. The number of nitrogens with one attached hydrogen (secondary N) is 1. The van der Waals surface area contributed by atoms with E-state index in [1.54, 1.807) is 6.20 Å². The maximum atomic E-state index is 12.6. The number of amides is 1. The van der Waals surface area contributed by atoms with E-state index in [-0.39, 0.29) is 30.5 Å². The third kappa shape index (κ3) is 3.26. The van der Waals surface area contributed by atoms with E-state index in [2.05, 4.69) is 16.4 Å². The summed E-state index contributed by atoms with van der Waals surface area (Å²) in [6, 6.07) is 6.08. The lowest BCUT2D eigenvalue weighted by molar-refractivity contribution is -0.123. The molecular formula is C19H23N3O3. The summed E-state index contributed by atoms with van der Waals surface area (Å²) >= 11 is 0. The quantitative estimate of drug-likeness (QED) is 0.869. The van der Waals surface area contributed by atoms with Crippen molar-refractivity contribution in [3.05, 3.63) is 47.5 Å². The Bertz CT molecular complexity index is 780. The van der Waals surface area contributed by atoms with Gasteiger partial charge in [0.1, 0.15) is 18.1 Å². The molecule has 1 atom stereocenters. The van der Waals surface area contributed by atoms with Crippen LogP contribution >= 0.6 is 0 Å². The molecule has 1 amide bonds. The molecule has 2 aromatic rings. The highest BCUT2D eigenvalue weighted by Crippen LogP contribution is 2.39. The van der Waals surface area contributed by atoms with Crippen LogP contribution in [0.1, 0.15) is 35.8 Å². The Labute approximate surface area is 146 Å². The number of aryl methyl sites for hydroxylation is 1. The number of aliphatic hydroxyl groups excluding tert-OH is 1. The van der Waals surface area contributed by atoms with E-state index in [0.29, 0.717) is 0 Å². The van der Waals surface area contributed by atoms with Crippen LogP contribution in [0.3, 0.4) is 0 Å². The largest absolute Gasteiger partial charge is 0.493 e. The molecule has 2 aliphatic rings. The molecule has 4 rings (SSSR count). The standard InChI is InChI=1S/C19H23N3O3/c1-12-20-5-6-22(12)11-18(24)21-19(15-9-16(23)10-15)14-2-3-17-13(8-14)4-7-25-17/h2-3,5-6,8,15-16,19,23H,4,7,9-11H2,1H3,(H,21,24)/t15?,16?,19-/m0/s1. The number of carbonyl (C=O) groups is 1. The van der Waals surface area contributed by atoms with Gasteiger partial charge in [-0.1, -0.05) is 6.07 Å². The fourth-order valence-electron chi connectivity index (χ4n) is 3.72. The van der Waals surface area contributed by atoms with Gasteiger partial charge in [0.05, 0.1) is 18.8 Å². The minimum Gasteiger partial charge on any atom is -0.493 e. The smallest absolute Gasteiger partial charge is 0.240 e. The van der Waals surface area contributed by atoms with Crippen molar-refractivity contribution in [2.24, 2.45) is 5.92 Å². The molecule has 1 aliphatic carbocycles. The molecule has 1 aromatic carbocycles. The fourth-order valence-corrected chi connectivity index (χ4v) is 3.72. The molecule has 6 nitrogen and oxygen atoms in total. The van der Waals surface area contributed by atoms with Crippen molar-refractivity contribution in [1.82, 2.24) is 14.9 Å². The summed E-state index contributed by atoms with van der Waals surface area (Å²) in [5, 5.41) is 12.9. The van der Waals surface area contributed by atoms with Crippen molar-refractivity contribution in [2.75, 3.05) is 6.61 Å². The van der Waals surface area contributed by atoms with Crippen LogP contribution in [0.5, 0.6) is 5.75 Å². The fraction of sp³-hybridized carbons (Fsp3) is 0.474. The van der Waals surface area contributed by atoms with Crippen LogP contribution in [-0.4, -0.2) is 33.3 Å². The van der Waals surface area contributed by atoms with Crippen molar-refractivity contribution in [1.29, 1.82) is 0 Å². The van der Waals surface area contributed by atoms with Crippen molar-refractivity contribution in [2.45, 2.75) is 44.9 Å². The van der Waals surface area contributed by atoms with E-state index >= 15 is 0 Å². The van der Waals surface area contributed by atoms with Crippen LogP contribution in [0.15, 0.2) is 30.6 Å². The number of carbonyl (C=O) groups excluding carboxylic acids is 1. The molecular weight excluding hydrogens is 318 g/mol. The summed E-state index contributed by atoms with van der Waals surface area (Å²) in [7, 11) is 0. The summed E-state index contributed by atoms with van der Waals surface area (Å²) < 4.78 is 7.41. The molecule has 2 N–H and O–H groups in total. The van der Waals surface area contributed by atoms with Crippen molar-refractivity contribution in [3.63, 3.8) is 0 Å². The Kier molecular flexibility index (Phi) is 4.21. The number of hydrogen-bond acceptors (Lipinski definition) is 4. The second kappa shape index (κ2) is 6.52. The second-order valence-corrected chi connectivity index (χ2v) is 7.00. The first-order chi connectivity index (χ1) is 12.1. The highest BCUT2D eigenvalue weighted by molar-refractivity contribution is 5.76. The number of fused-ring (bicyclic) bond motifs is 1. The summed E-state index contributed by atoms with van der Waals surface area (Å²) in [5.74, 6) is 1.99. The first-order valence-corrected chi connectivity index (χ1v) is 8.81. The number of aliphatic hydroxyl groups is 1. The van der Waals surface area contributed by atoms with E-state index in [1.807, 2.05) is 29.8 Å². The van der Waals surface area contributed by atoms with Gasteiger partial charge in [-0.05, 0) is 48.9 Å². The molecule has 0 bridgehead atoms. The molecule has 1 fully saturated rings. The van der Waals surface area contributed by atoms with Gasteiger partial charge in [-0.15, -0.1) is 0 Å². The number of rotatable bonds is 5. The van der Waals surface area contributed by atoms with Crippen LogP contribution in [-0.2, 0) is 17.8 Å².